The highest BCUT2D eigenvalue weighted by Gasteiger charge is 2.27. The van der Waals surface area contributed by atoms with Crippen LogP contribution in [0.15, 0.2) is 34.9 Å². The Labute approximate surface area is 109 Å². The summed E-state index contributed by atoms with van der Waals surface area (Å²) in [6.07, 6.45) is 0. The summed E-state index contributed by atoms with van der Waals surface area (Å²) in [6, 6.07) is 8.61. The van der Waals surface area contributed by atoms with Gasteiger partial charge < -0.3 is 15.2 Å². The van der Waals surface area contributed by atoms with Crippen molar-refractivity contribution in [3.63, 3.8) is 0 Å². The standard InChI is InChI=1S/C13H13N3O3/c1-16(2)10-9(13(14)18)15-19-12(10)11(17)8-6-4-3-5-7-8/h3-7H,1-2H3,(H2,14,18). The molecule has 98 valence electrons. The maximum atomic E-state index is 12.3. The number of aromatic nitrogens is 1. The molecule has 0 unspecified atom stereocenters. The van der Waals surface area contributed by atoms with Gasteiger partial charge in [-0.15, -0.1) is 0 Å². The zero-order valence-corrected chi connectivity index (χ0v) is 10.6. The van der Waals surface area contributed by atoms with E-state index < -0.39 is 5.91 Å². The molecule has 0 aliphatic heterocycles. The fourth-order valence-corrected chi connectivity index (χ4v) is 1.73. The molecule has 0 radical (unpaired) electrons. The second-order valence-electron chi connectivity index (χ2n) is 4.16. The van der Waals surface area contributed by atoms with Crippen molar-refractivity contribution in [2.75, 3.05) is 19.0 Å². The maximum absolute atomic E-state index is 12.3. The fraction of sp³-hybridized carbons (Fsp3) is 0.154. The predicted octanol–water partition coefficient (Wildman–Crippen LogP) is 1.07. The number of anilines is 1. The quantitative estimate of drug-likeness (QED) is 0.829. The Balaban J connectivity index is 2.52. The summed E-state index contributed by atoms with van der Waals surface area (Å²) >= 11 is 0. The summed E-state index contributed by atoms with van der Waals surface area (Å²) in [5.74, 6) is -1.08. The van der Waals surface area contributed by atoms with Crippen LogP contribution in [0.1, 0.15) is 26.6 Å². The Hall–Kier alpha value is -2.63. The molecule has 6 heteroatoms. The topological polar surface area (TPSA) is 89.4 Å². The second-order valence-corrected chi connectivity index (χ2v) is 4.16. The smallest absolute Gasteiger partial charge is 0.273 e. The summed E-state index contributed by atoms with van der Waals surface area (Å²) < 4.78 is 4.99. The number of ketones is 1. The normalized spacial score (nSPS) is 10.2. The number of nitrogens with zero attached hydrogens (tertiary/aromatic N) is 2. The molecule has 0 aliphatic rings. The Bertz CT molecular complexity index is 617. The first-order valence-corrected chi connectivity index (χ1v) is 5.59. The molecule has 0 saturated carbocycles. The van der Waals surface area contributed by atoms with E-state index in [1.165, 1.54) is 0 Å². The lowest BCUT2D eigenvalue weighted by Crippen LogP contribution is -2.19. The summed E-state index contributed by atoms with van der Waals surface area (Å²) in [5.41, 5.74) is 5.90. The van der Waals surface area contributed by atoms with Crippen molar-refractivity contribution in [2.24, 2.45) is 5.73 Å². The third kappa shape index (κ3) is 2.33. The minimum Gasteiger partial charge on any atom is -0.372 e. The maximum Gasteiger partial charge on any atom is 0.273 e. The lowest BCUT2D eigenvalue weighted by molar-refractivity contribution is 0.0979. The van der Waals surface area contributed by atoms with Gasteiger partial charge in [0.05, 0.1) is 0 Å². The van der Waals surface area contributed by atoms with Crippen molar-refractivity contribution < 1.29 is 14.1 Å². The molecule has 2 aromatic rings. The van der Waals surface area contributed by atoms with Gasteiger partial charge >= 0.3 is 0 Å². The molecule has 1 aromatic carbocycles. The lowest BCUT2D eigenvalue weighted by Gasteiger charge is -2.11. The molecule has 1 amide bonds. The largest absolute Gasteiger partial charge is 0.372 e. The molecular weight excluding hydrogens is 246 g/mol. The Kier molecular flexibility index (Phi) is 3.33. The number of amides is 1. The zero-order valence-electron chi connectivity index (χ0n) is 10.6. The van der Waals surface area contributed by atoms with Crippen LogP contribution >= 0.6 is 0 Å². The lowest BCUT2D eigenvalue weighted by atomic mass is 10.1. The molecule has 6 nitrogen and oxygen atoms in total. The number of carbonyl (C=O) groups excluding carboxylic acids is 2. The van der Waals surface area contributed by atoms with Crippen LogP contribution in [-0.4, -0.2) is 30.9 Å². The molecule has 19 heavy (non-hydrogen) atoms. The third-order valence-corrected chi connectivity index (χ3v) is 2.59. The van der Waals surface area contributed by atoms with E-state index in [-0.39, 0.29) is 17.2 Å². The Morgan fingerprint density at radius 2 is 1.84 bits per heavy atom. The number of benzene rings is 1. The highest BCUT2D eigenvalue weighted by Crippen LogP contribution is 2.25. The fourth-order valence-electron chi connectivity index (χ4n) is 1.73. The first kappa shape index (κ1) is 12.8. The molecule has 2 N–H and O–H groups in total. The van der Waals surface area contributed by atoms with Gasteiger partial charge in [0.2, 0.25) is 11.5 Å². The van der Waals surface area contributed by atoms with Gasteiger partial charge in [-0.2, -0.15) is 0 Å². The van der Waals surface area contributed by atoms with Gasteiger partial charge in [-0.3, -0.25) is 9.59 Å². The highest BCUT2D eigenvalue weighted by molar-refractivity contribution is 6.13. The van der Waals surface area contributed by atoms with Crippen molar-refractivity contribution in [1.29, 1.82) is 0 Å². The Morgan fingerprint density at radius 1 is 1.21 bits per heavy atom. The van der Waals surface area contributed by atoms with E-state index in [2.05, 4.69) is 5.16 Å². The second kappa shape index (κ2) is 4.93. The van der Waals surface area contributed by atoms with Gasteiger partial charge in [0.25, 0.3) is 5.91 Å². The summed E-state index contributed by atoms with van der Waals surface area (Å²) in [5, 5.41) is 3.57. The number of rotatable bonds is 4. The van der Waals surface area contributed by atoms with E-state index in [0.717, 1.165) is 0 Å². The van der Waals surface area contributed by atoms with E-state index in [1.807, 2.05) is 0 Å². The highest BCUT2D eigenvalue weighted by atomic mass is 16.5. The van der Waals surface area contributed by atoms with Crippen molar-refractivity contribution in [1.82, 2.24) is 5.16 Å². The average molecular weight is 259 g/mol. The average Bonchev–Trinajstić information content (AvgIpc) is 2.83. The minimum atomic E-state index is -0.737. The first-order chi connectivity index (χ1) is 9.02. The Morgan fingerprint density at radius 3 is 2.37 bits per heavy atom. The van der Waals surface area contributed by atoms with Crippen LogP contribution in [0.5, 0.6) is 0 Å². The molecule has 1 heterocycles. The van der Waals surface area contributed by atoms with Crippen molar-refractivity contribution in [3.8, 4) is 0 Å². The van der Waals surface area contributed by atoms with E-state index in [0.29, 0.717) is 11.3 Å². The van der Waals surface area contributed by atoms with E-state index >= 15 is 0 Å². The number of primary amides is 1. The molecule has 0 saturated heterocycles. The molecular formula is C13H13N3O3. The van der Waals surface area contributed by atoms with E-state index in [4.69, 9.17) is 10.3 Å². The van der Waals surface area contributed by atoms with Gasteiger partial charge in [0, 0.05) is 19.7 Å². The van der Waals surface area contributed by atoms with Gasteiger partial charge in [-0.25, -0.2) is 0 Å². The molecule has 2 rings (SSSR count). The summed E-state index contributed by atoms with van der Waals surface area (Å²) in [4.78, 5) is 25.1. The molecule has 0 bridgehead atoms. The van der Waals surface area contributed by atoms with Crippen LogP contribution in [0.2, 0.25) is 0 Å². The van der Waals surface area contributed by atoms with Crippen LogP contribution in [0, 0.1) is 0 Å². The number of hydrogen-bond donors (Lipinski definition) is 1. The summed E-state index contributed by atoms with van der Waals surface area (Å²) in [6.45, 7) is 0. The molecule has 0 aliphatic carbocycles. The monoisotopic (exact) mass is 259 g/mol. The number of nitrogens with two attached hydrogens (primary N) is 1. The van der Waals surface area contributed by atoms with Gasteiger partial charge in [0.1, 0.15) is 5.69 Å². The third-order valence-electron chi connectivity index (χ3n) is 2.59. The SMILES string of the molecule is CN(C)c1c(C(N)=O)noc1C(=O)c1ccccc1. The predicted molar refractivity (Wildman–Crippen MR) is 69.2 cm³/mol. The van der Waals surface area contributed by atoms with Crippen LogP contribution < -0.4 is 10.6 Å². The van der Waals surface area contributed by atoms with Gasteiger partial charge in [-0.05, 0) is 0 Å². The molecule has 0 atom stereocenters. The van der Waals surface area contributed by atoms with Crippen LogP contribution in [-0.2, 0) is 0 Å². The van der Waals surface area contributed by atoms with E-state index in [9.17, 15) is 9.59 Å². The van der Waals surface area contributed by atoms with Gasteiger partial charge in [-0.1, -0.05) is 35.5 Å². The van der Waals surface area contributed by atoms with E-state index in [1.54, 1.807) is 49.3 Å². The number of carbonyl (C=O) groups is 2. The molecule has 1 aromatic heterocycles. The summed E-state index contributed by atoms with van der Waals surface area (Å²) in [7, 11) is 3.36. The van der Waals surface area contributed by atoms with Crippen molar-refractivity contribution in [3.05, 3.63) is 47.3 Å². The van der Waals surface area contributed by atoms with Crippen molar-refractivity contribution in [2.45, 2.75) is 0 Å². The van der Waals surface area contributed by atoms with Crippen LogP contribution in [0.3, 0.4) is 0 Å². The first-order valence-electron chi connectivity index (χ1n) is 5.59. The molecule has 0 fully saturated rings. The minimum absolute atomic E-state index is 0.00463. The number of hydrogen-bond acceptors (Lipinski definition) is 5. The van der Waals surface area contributed by atoms with Crippen LogP contribution in [0.25, 0.3) is 0 Å². The zero-order chi connectivity index (χ0) is 14.0. The van der Waals surface area contributed by atoms with Crippen molar-refractivity contribution >= 4 is 17.4 Å². The van der Waals surface area contributed by atoms with Gasteiger partial charge in [0.15, 0.2) is 5.69 Å². The molecule has 0 spiro atoms. The van der Waals surface area contributed by atoms with Crippen LogP contribution in [0.4, 0.5) is 5.69 Å².